The Hall–Kier alpha value is -1.58. The molecule has 0 saturated carbocycles. The maximum absolute atomic E-state index is 6.18. The van der Waals surface area contributed by atoms with E-state index < -0.39 is 0 Å². The highest BCUT2D eigenvalue weighted by molar-refractivity contribution is 6.31. The molecule has 0 aliphatic rings. The van der Waals surface area contributed by atoms with Crippen molar-refractivity contribution in [1.29, 1.82) is 0 Å². The fourth-order valence-electron chi connectivity index (χ4n) is 1.88. The minimum Gasteiger partial charge on any atom is -0.481 e. The maximum Gasteiger partial charge on any atom is 0.213 e. The number of halogens is 1. The predicted molar refractivity (Wildman–Crippen MR) is 77.5 cm³/mol. The molecule has 1 atom stereocenters. The van der Waals surface area contributed by atoms with Crippen LogP contribution in [0.4, 0.5) is 0 Å². The smallest absolute Gasteiger partial charge is 0.213 e. The van der Waals surface area contributed by atoms with Crippen molar-refractivity contribution in [2.75, 3.05) is 7.11 Å². The van der Waals surface area contributed by atoms with Crippen LogP contribution in [-0.2, 0) is 6.54 Å². The van der Waals surface area contributed by atoms with E-state index in [4.69, 9.17) is 16.3 Å². The van der Waals surface area contributed by atoms with E-state index >= 15 is 0 Å². The molecular formula is C15H17ClN2O. The minimum atomic E-state index is 0.188. The van der Waals surface area contributed by atoms with E-state index in [0.29, 0.717) is 5.88 Å². The van der Waals surface area contributed by atoms with Gasteiger partial charge in [-0.1, -0.05) is 29.8 Å². The Morgan fingerprint density at radius 3 is 2.84 bits per heavy atom. The molecule has 0 amide bonds. The first-order valence-electron chi connectivity index (χ1n) is 6.17. The highest BCUT2D eigenvalue weighted by atomic mass is 35.5. The first-order chi connectivity index (χ1) is 9.20. The molecule has 1 aromatic heterocycles. The van der Waals surface area contributed by atoms with Crippen molar-refractivity contribution in [3.05, 3.63) is 58.7 Å². The molecule has 0 aliphatic heterocycles. The molecule has 0 fully saturated rings. The second-order valence-electron chi connectivity index (χ2n) is 4.33. The van der Waals surface area contributed by atoms with Crippen molar-refractivity contribution in [1.82, 2.24) is 10.3 Å². The first-order valence-corrected chi connectivity index (χ1v) is 6.55. The lowest BCUT2D eigenvalue weighted by atomic mass is 10.1. The Labute approximate surface area is 118 Å². The van der Waals surface area contributed by atoms with Gasteiger partial charge >= 0.3 is 0 Å². The van der Waals surface area contributed by atoms with Crippen LogP contribution < -0.4 is 10.1 Å². The highest BCUT2D eigenvalue weighted by Gasteiger charge is 2.08. The molecule has 4 heteroatoms. The number of nitrogens with zero attached hydrogens (tertiary/aromatic N) is 1. The number of nitrogens with one attached hydrogen (secondary N) is 1. The molecule has 0 bridgehead atoms. The number of ether oxygens (including phenoxy) is 1. The molecule has 3 nitrogen and oxygen atoms in total. The van der Waals surface area contributed by atoms with Gasteiger partial charge in [0.05, 0.1) is 7.11 Å². The zero-order chi connectivity index (χ0) is 13.7. The summed E-state index contributed by atoms with van der Waals surface area (Å²) in [5.41, 5.74) is 2.23. The molecule has 2 aromatic rings. The minimum absolute atomic E-state index is 0.188. The van der Waals surface area contributed by atoms with Crippen molar-refractivity contribution in [3.63, 3.8) is 0 Å². The molecule has 100 valence electrons. The van der Waals surface area contributed by atoms with E-state index in [1.807, 2.05) is 36.4 Å². The summed E-state index contributed by atoms with van der Waals surface area (Å²) >= 11 is 6.18. The standard InChI is InChI=1S/C15H17ClN2O/c1-11(13-5-3-4-6-14(13)16)18-10-12-7-8-17-15(9-12)19-2/h3-9,11,18H,10H2,1-2H3. The van der Waals surface area contributed by atoms with Crippen LogP contribution in [0.15, 0.2) is 42.6 Å². The SMILES string of the molecule is COc1cc(CNC(C)c2ccccc2Cl)ccn1. The van der Waals surface area contributed by atoms with Gasteiger partial charge in [0.1, 0.15) is 0 Å². The monoisotopic (exact) mass is 276 g/mol. The number of pyridine rings is 1. The number of hydrogen-bond acceptors (Lipinski definition) is 3. The summed E-state index contributed by atoms with van der Waals surface area (Å²) in [5, 5.41) is 4.23. The van der Waals surface area contributed by atoms with E-state index in [-0.39, 0.29) is 6.04 Å². The van der Waals surface area contributed by atoms with Crippen LogP contribution in [0.3, 0.4) is 0 Å². The van der Waals surface area contributed by atoms with Crippen LogP contribution in [0.1, 0.15) is 24.1 Å². The molecule has 0 spiro atoms. The maximum atomic E-state index is 6.18. The second-order valence-corrected chi connectivity index (χ2v) is 4.74. The van der Waals surface area contributed by atoms with Gasteiger partial charge in [-0.25, -0.2) is 4.98 Å². The van der Waals surface area contributed by atoms with Crippen molar-refractivity contribution in [3.8, 4) is 5.88 Å². The summed E-state index contributed by atoms with van der Waals surface area (Å²) in [6, 6.07) is 12.0. The fraction of sp³-hybridized carbons (Fsp3) is 0.267. The first kappa shape index (κ1) is 13.8. The van der Waals surface area contributed by atoms with Gasteiger partial charge in [0.25, 0.3) is 0 Å². The Kier molecular flexibility index (Phi) is 4.77. The molecule has 0 aliphatic carbocycles. The van der Waals surface area contributed by atoms with Gasteiger partial charge in [-0.05, 0) is 30.2 Å². The van der Waals surface area contributed by atoms with Crippen LogP contribution in [-0.4, -0.2) is 12.1 Å². The Balaban J connectivity index is 2.00. The summed E-state index contributed by atoms with van der Waals surface area (Å²) in [5.74, 6) is 0.629. The predicted octanol–water partition coefficient (Wildman–Crippen LogP) is 3.59. The average molecular weight is 277 g/mol. The molecule has 2 rings (SSSR count). The van der Waals surface area contributed by atoms with Gasteiger partial charge < -0.3 is 10.1 Å². The van der Waals surface area contributed by atoms with Crippen LogP contribution in [0.25, 0.3) is 0 Å². The third kappa shape index (κ3) is 3.69. The van der Waals surface area contributed by atoms with Gasteiger partial charge in [0.15, 0.2) is 0 Å². The number of benzene rings is 1. The lowest BCUT2D eigenvalue weighted by Gasteiger charge is -2.15. The van der Waals surface area contributed by atoms with Crippen LogP contribution >= 0.6 is 11.6 Å². The fourth-order valence-corrected chi connectivity index (χ4v) is 2.18. The van der Waals surface area contributed by atoms with Crippen molar-refractivity contribution in [2.45, 2.75) is 19.5 Å². The quantitative estimate of drug-likeness (QED) is 0.906. The summed E-state index contributed by atoms with van der Waals surface area (Å²) < 4.78 is 5.11. The molecule has 1 N–H and O–H groups in total. The molecule has 0 radical (unpaired) electrons. The molecule has 1 aromatic carbocycles. The van der Waals surface area contributed by atoms with Crippen LogP contribution in [0.5, 0.6) is 5.88 Å². The third-order valence-corrected chi connectivity index (χ3v) is 3.34. The van der Waals surface area contributed by atoms with Crippen LogP contribution in [0, 0.1) is 0 Å². The number of rotatable bonds is 5. The number of aromatic nitrogens is 1. The van der Waals surface area contributed by atoms with E-state index in [0.717, 1.165) is 22.7 Å². The van der Waals surface area contributed by atoms with Gasteiger partial charge in [0, 0.05) is 29.9 Å². The normalized spacial score (nSPS) is 12.2. The Bertz CT molecular complexity index is 545. The molecular weight excluding hydrogens is 260 g/mol. The largest absolute Gasteiger partial charge is 0.481 e. The third-order valence-electron chi connectivity index (χ3n) is 2.99. The summed E-state index contributed by atoms with van der Waals surface area (Å²) in [6.07, 6.45) is 1.75. The number of hydrogen-bond donors (Lipinski definition) is 1. The van der Waals surface area contributed by atoms with Crippen molar-refractivity contribution >= 4 is 11.6 Å². The Morgan fingerprint density at radius 1 is 1.32 bits per heavy atom. The molecule has 19 heavy (non-hydrogen) atoms. The second kappa shape index (κ2) is 6.55. The van der Waals surface area contributed by atoms with Gasteiger partial charge in [0.2, 0.25) is 5.88 Å². The lowest BCUT2D eigenvalue weighted by molar-refractivity contribution is 0.397. The molecule has 0 saturated heterocycles. The van der Waals surface area contributed by atoms with Crippen molar-refractivity contribution in [2.24, 2.45) is 0 Å². The topological polar surface area (TPSA) is 34.1 Å². The van der Waals surface area contributed by atoms with Crippen molar-refractivity contribution < 1.29 is 4.74 Å². The Morgan fingerprint density at radius 2 is 2.11 bits per heavy atom. The zero-order valence-corrected chi connectivity index (χ0v) is 11.8. The van der Waals surface area contributed by atoms with Gasteiger partial charge in [-0.3, -0.25) is 0 Å². The van der Waals surface area contributed by atoms with E-state index in [9.17, 15) is 0 Å². The molecule has 1 unspecified atom stereocenters. The molecule has 1 heterocycles. The zero-order valence-electron chi connectivity index (χ0n) is 11.1. The van der Waals surface area contributed by atoms with E-state index in [1.54, 1.807) is 13.3 Å². The highest BCUT2D eigenvalue weighted by Crippen LogP contribution is 2.22. The van der Waals surface area contributed by atoms with E-state index in [2.05, 4.69) is 17.2 Å². The van der Waals surface area contributed by atoms with Gasteiger partial charge in [-0.15, -0.1) is 0 Å². The van der Waals surface area contributed by atoms with Gasteiger partial charge in [-0.2, -0.15) is 0 Å². The summed E-state index contributed by atoms with van der Waals surface area (Å²) in [6.45, 7) is 2.84. The van der Waals surface area contributed by atoms with Crippen LogP contribution in [0.2, 0.25) is 5.02 Å². The van der Waals surface area contributed by atoms with E-state index in [1.165, 1.54) is 0 Å². The summed E-state index contributed by atoms with van der Waals surface area (Å²) in [4.78, 5) is 4.09. The average Bonchev–Trinajstić information content (AvgIpc) is 2.45. The number of methoxy groups -OCH3 is 1. The lowest BCUT2D eigenvalue weighted by Crippen LogP contribution is -2.18. The summed E-state index contributed by atoms with van der Waals surface area (Å²) in [7, 11) is 1.62.